The van der Waals surface area contributed by atoms with Gasteiger partial charge >= 0.3 is 0 Å². The van der Waals surface area contributed by atoms with E-state index in [2.05, 4.69) is 17.4 Å². The highest BCUT2D eigenvalue weighted by molar-refractivity contribution is 5.89. The lowest BCUT2D eigenvalue weighted by Gasteiger charge is -2.57. The van der Waals surface area contributed by atoms with E-state index in [-0.39, 0.29) is 35.2 Å². The Balaban J connectivity index is 0.00000300. The van der Waals surface area contributed by atoms with E-state index in [0.29, 0.717) is 19.6 Å². The number of benzene rings is 1. The Morgan fingerprint density at radius 3 is 2.31 bits per heavy atom. The molecule has 0 aliphatic heterocycles. The predicted molar refractivity (Wildman–Crippen MR) is 119 cm³/mol. The van der Waals surface area contributed by atoms with Gasteiger partial charge in [-0.3, -0.25) is 4.79 Å². The fraction of sp³-hybridized carbons (Fsp3) is 0.696. The Bertz CT molecular complexity index is 686. The van der Waals surface area contributed by atoms with Gasteiger partial charge in [-0.15, -0.1) is 12.4 Å². The number of nitrogens with one attached hydrogen (secondary N) is 1. The van der Waals surface area contributed by atoms with Crippen molar-refractivity contribution >= 4 is 18.3 Å². The van der Waals surface area contributed by atoms with Crippen LogP contribution in [0.2, 0.25) is 0 Å². The van der Waals surface area contributed by atoms with Crippen LogP contribution in [0.4, 0.5) is 0 Å². The summed E-state index contributed by atoms with van der Waals surface area (Å²) in [4.78, 5) is 13.1. The molecule has 29 heavy (non-hydrogen) atoms. The SMILES string of the molecule is CCOC1CC(N)(C(=O)NCC2(c3ccc(OC)cc3)CCCCC2)C1(C)C.Cl. The van der Waals surface area contributed by atoms with Crippen LogP contribution >= 0.6 is 12.4 Å². The van der Waals surface area contributed by atoms with Crippen molar-refractivity contribution < 1.29 is 14.3 Å². The highest BCUT2D eigenvalue weighted by atomic mass is 35.5. The van der Waals surface area contributed by atoms with E-state index in [0.717, 1.165) is 18.6 Å². The zero-order valence-electron chi connectivity index (χ0n) is 18.3. The molecule has 0 saturated heterocycles. The molecule has 6 heteroatoms. The molecule has 2 unspecified atom stereocenters. The van der Waals surface area contributed by atoms with Gasteiger partial charge in [-0.25, -0.2) is 0 Å². The molecule has 1 aromatic rings. The van der Waals surface area contributed by atoms with Crippen LogP contribution in [0.1, 0.15) is 64.9 Å². The topological polar surface area (TPSA) is 73.6 Å². The first-order chi connectivity index (χ1) is 13.3. The number of carbonyl (C=O) groups excluding carboxylic acids is 1. The average Bonchev–Trinajstić information content (AvgIpc) is 2.72. The van der Waals surface area contributed by atoms with Gasteiger partial charge in [-0.05, 0) is 37.5 Å². The van der Waals surface area contributed by atoms with Gasteiger partial charge in [-0.2, -0.15) is 0 Å². The van der Waals surface area contributed by atoms with E-state index in [4.69, 9.17) is 15.2 Å². The molecule has 2 atom stereocenters. The smallest absolute Gasteiger partial charge is 0.240 e. The van der Waals surface area contributed by atoms with Crippen molar-refractivity contribution in [2.45, 2.75) is 76.4 Å². The molecule has 5 nitrogen and oxygen atoms in total. The van der Waals surface area contributed by atoms with Crippen LogP contribution in [-0.4, -0.2) is 37.8 Å². The molecule has 0 radical (unpaired) electrons. The van der Waals surface area contributed by atoms with Gasteiger partial charge in [0.15, 0.2) is 0 Å². The van der Waals surface area contributed by atoms with Crippen molar-refractivity contribution in [3.05, 3.63) is 29.8 Å². The first-order valence-corrected chi connectivity index (χ1v) is 10.6. The van der Waals surface area contributed by atoms with Gasteiger partial charge in [0.1, 0.15) is 11.3 Å². The lowest BCUT2D eigenvalue weighted by atomic mass is 9.54. The minimum atomic E-state index is -0.872. The van der Waals surface area contributed by atoms with Crippen molar-refractivity contribution in [2.24, 2.45) is 11.1 Å². The molecule has 0 spiro atoms. The van der Waals surface area contributed by atoms with Crippen molar-refractivity contribution in [2.75, 3.05) is 20.3 Å². The van der Waals surface area contributed by atoms with Crippen LogP contribution in [0, 0.1) is 5.41 Å². The van der Waals surface area contributed by atoms with Crippen LogP contribution in [0.3, 0.4) is 0 Å². The van der Waals surface area contributed by atoms with Gasteiger partial charge in [-0.1, -0.05) is 45.2 Å². The quantitative estimate of drug-likeness (QED) is 0.694. The summed E-state index contributed by atoms with van der Waals surface area (Å²) in [5, 5.41) is 3.23. The van der Waals surface area contributed by atoms with Crippen LogP contribution in [0.5, 0.6) is 5.75 Å². The summed E-state index contributed by atoms with van der Waals surface area (Å²) in [6.07, 6.45) is 6.43. The number of methoxy groups -OCH3 is 1. The monoisotopic (exact) mass is 424 g/mol. The van der Waals surface area contributed by atoms with Crippen molar-refractivity contribution in [3.63, 3.8) is 0 Å². The zero-order chi connectivity index (χ0) is 20.4. The minimum Gasteiger partial charge on any atom is -0.497 e. The molecular formula is C23H37ClN2O3. The molecule has 1 aromatic carbocycles. The molecule has 2 fully saturated rings. The number of hydrogen-bond donors (Lipinski definition) is 2. The lowest BCUT2D eigenvalue weighted by molar-refractivity contribution is -0.170. The fourth-order valence-electron chi connectivity index (χ4n) is 4.97. The van der Waals surface area contributed by atoms with Crippen molar-refractivity contribution in [3.8, 4) is 5.75 Å². The van der Waals surface area contributed by atoms with Crippen LogP contribution < -0.4 is 15.8 Å². The third kappa shape index (κ3) is 4.28. The number of halogens is 1. The molecule has 3 rings (SSSR count). The van der Waals surface area contributed by atoms with Crippen LogP contribution in [0.25, 0.3) is 0 Å². The largest absolute Gasteiger partial charge is 0.497 e. The molecule has 1 amide bonds. The van der Waals surface area contributed by atoms with E-state index in [1.54, 1.807) is 7.11 Å². The highest BCUT2D eigenvalue weighted by Gasteiger charge is 2.63. The number of carbonyl (C=O) groups is 1. The van der Waals surface area contributed by atoms with Gasteiger partial charge in [0, 0.05) is 30.4 Å². The first kappa shape index (κ1) is 24.0. The van der Waals surface area contributed by atoms with E-state index in [1.165, 1.54) is 24.8 Å². The van der Waals surface area contributed by atoms with Crippen LogP contribution in [0.15, 0.2) is 24.3 Å². The van der Waals surface area contributed by atoms with Crippen molar-refractivity contribution in [1.82, 2.24) is 5.32 Å². The summed E-state index contributed by atoms with van der Waals surface area (Å²) >= 11 is 0. The van der Waals surface area contributed by atoms with Gasteiger partial charge in [0.05, 0.1) is 13.2 Å². The van der Waals surface area contributed by atoms with E-state index in [1.807, 2.05) is 32.9 Å². The summed E-state index contributed by atoms with van der Waals surface area (Å²) in [5.41, 5.74) is 6.58. The van der Waals surface area contributed by atoms with E-state index >= 15 is 0 Å². The third-order valence-electron chi connectivity index (χ3n) is 7.34. The molecule has 3 N–H and O–H groups in total. The van der Waals surface area contributed by atoms with Crippen molar-refractivity contribution in [1.29, 1.82) is 0 Å². The second-order valence-corrected chi connectivity index (χ2v) is 9.09. The standard InChI is InChI=1S/C23H36N2O3.ClH/c1-5-28-19-15-23(24,21(19,2)3)20(26)25-16-22(13-7-6-8-14-22)17-9-11-18(27-4)12-10-17;/h9-12,19H,5-8,13-16,24H2,1-4H3,(H,25,26);1H. The van der Waals surface area contributed by atoms with Gasteiger partial charge < -0.3 is 20.5 Å². The normalized spacial score (nSPS) is 27.3. The number of rotatable bonds is 7. The predicted octanol–water partition coefficient (Wildman–Crippen LogP) is 3.97. The van der Waals surface area contributed by atoms with E-state index < -0.39 is 5.54 Å². The summed E-state index contributed by atoms with van der Waals surface area (Å²) in [5.74, 6) is 0.810. The maximum absolute atomic E-state index is 13.1. The lowest BCUT2D eigenvalue weighted by Crippen LogP contribution is -2.76. The summed E-state index contributed by atoms with van der Waals surface area (Å²) in [7, 11) is 1.68. The molecule has 2 saturated carbocycles. The molecule has 164 valence electrons. The second kappa shape index (κ2) is 9.23. The number of nitrogens with two attached hydrogens (primary N) is 1. The average molecular weight is 425 g/mol. The number of hydrogen-bond acceptors (Lipinski definition) is 4. The molecule has 2 aliphatic rings. The Labute approximate surface area is 181 Å². The third-order valence-corrected chi connectivity index (χ3v) is 7.34. The Hall–Kier alpha value is -1.30. The minimum absolute atomic E-state index is 0. The highest BCUT2D eigenvalue weighted by Crippen LogP contribution is 2.50. The molecule has 0 aromatic heterocycles. The maximum Gasteiger partial charge on any atom is 0.240 e. The summed E-state index contributed by atoms with van der Waals surface area (Å²) in [6.45, 7) is 7.33. The molecule has 2 aliphatic carbocycles. The fourth-order valence-corrected chi connectivity index (χ4v) is 4.97. The zero-order valence-corrected chi connectivity index (χ0v) is 19.1. The molecule has 0 heterocycles. The van der Waals surface area contributed by atoms with E-state index in [9.17, 15) is 4.79 Å². The Kier molecular flexibility index (Phi) is 7.63. The number of amides is 1. The molecule has 0 bridgehead atoms. The Morgan fingerprint density at radius 1 is 1.17 bits per heavy atom. The maximum atomic E-state index is 13.1. The first-order valence-electron chi connectivity index (χ1n) is 10.6. The summed E-state index contributed by atoms with van der Waals surface area (Å²) < 4.78 is 11.1. The number of ether oxygens (including phenoxy) is 2. The van der Waals surface area contributed by atoms with Crippen LogP contribution in [-0.2, 0) is 14.9 Å². The molecular weight excluding hydrogens is 388 g/mol. The summed E-state index contributed by atoms with van der Waals surface area (Å²) in [6, 6.07) is 8.32. The second-order valence-electron chi connectivity index (χ2n) is 9.09. The van der Waals surface area contributed by atoms with Gasteiger partial charge in [0.25, 0.3) is 0 Å². The van der Waals surface area contributed by atoms with Gasteiger partial charge in [0.2, 0.25) is 5.91 Å². The Morgan fingerprint density at radius 2 is 1.79 bits per heavy atom.